The molecular weight excluding hydrogens is 270 g/mol. The highest BCUT2D eigenvalue weighted by atomic mass is 16.7. The lowest BCUT2D eigenvalue weighted by molar-refractivity contribution is -0.140. The molecule has 0 heterocycles. The molecule has 1 amide bonds. The number of hydrogen-bond donors (Lipinski definition) is 0. The summed E-state index contributed by atoms with van der Waals surface area (Å²) in [6.07, 6.45) is 1.06. The Bertz CT molecular complexity index is 476. The normalized spacial score (nSPS) is 12.4. The summed E-state index contributed by atoms with van der Waals surface area (Å²) in [5, 5.41) is 1.15. The van der Waals surface area contributed by atoms with Crippen molar-refractivity contribution in [3.8, 4) is 5.75 Å². The van der Waals surface area contributed by atoms with E-state index >= 15 is 0 Å². The first-order valence-electron chi connectivity index (χ1n) is 6.65. The molecule has 0 aromatic heterocycles. The third-order valence-corrected chi connectivity index (χ3v) is 2.70. The first kappa shape index (κ1) is 17.0. The maximum Gasteiger partial charge on any atom is 0.435 e. The van der Waals surface area contributed by atoms with Crippen molar-refractivity contribution in [2.45, 2.75) is 32.4 Å². The molecule has 21 heavy (non-hydrogen) atoms. The molecule has 0 radical (unpaired) electrons. The summed E-state index contributed by atoms with van der Waals surface area (Å²) < 4.78 is 10.4. The predicted molar refractivity (Wildman–Crippen MR) is 81.0 cm³/mol. The Balaban J connectivity index is 2.98. The highest BCUT2D eigenvalue weighted by molar-refractivity contribution is 5.68. The molecule has 0 saturated carbocycles. The zero-order valence-electron chi connectivity index (χ0n) is 13.3. The van der Waals surface area contributed by atoms with Crippen molar-refractivity contribution in [1.82, 2.24) is 5.06 Å². The van der Waals surface area contributed by atoms with Gasteiger partial charge in [-0.1, -0.05) is 18.2 Å². The van der Waals surface area contributed by atoms with Crippen molar-refractivity contribution in [3.63, 3.8) is 0 Å². The van der Waals surface area contributed by atoms with Crippen molar-refractivity contribution >= 4 is 6.09 Å². The number of rotatable bonds is 5. The van der Waals surface area contributed by atoms with E-state index in [2.05, 4.69) is 6.58 Å². The SMILES string of the molecule is C=C[C@H](c1ccc(OC)cc1)N(OC)C(=O)OC(C)(C)C. The molecule has 1 atom stereocenters. The van der Waals surface area contributed by atoms with Crippen LogP contribution in [0, 0.1) is 0 Å². The van der Waals surface area contributed by atoms with E-state index in [4.69, 9.17) is 14.3 Å². The second-order valence-electron chi connectivity index (χ2n) is 5.44. The molecule has 0 spiro atoms. The largest absolute Gasteiger partial charge is 0.497 e. The van der Waals surface area contributed by atoms with Crippen LogP contribution in [0.1, 0.15) is 32.4 Å². The van der Waals surface area contributed by atoms with Gasteiger partial charge < -0.3 is 9.47 Å². The molecule has 116 valence electrons. The molecule has 5 heteroatoms. The standard InChI is InChI=1S/C16H23NO4/c1-7-14(12-8-10-13(19-5)11-9-12)17(20-6)15(18)21-16(2,3)4/h7-11,14H,1H2,2-6H3/t14-/m1/s1. The van der Waals surface area contributed by atoms with Gasteiger partial charge in [0.1, 0.15) is 17.4 Å². The number of hydroxylamine groups is 2. The third kappa shape index (κ3) is 4.79. The average molecular weight is 293 g/mol. The summed E-state index contributed by atoms with van der Waals surface area (Å²) >= 11 is 0. The molecular formula is C16H23NO4. The summed E-state index contributed by atoms with van der Waals surface area (Å²) in [7, 11) is 3.02. The Kier molecular flexibility index (Phi) is 5.79. The fraction of sp³-hybridized carbons (Fsp3) is 0.438. The summed E-state index contributed by atoms with van der Waals surface area (Å²) in [6, 6.07) is 6.88. The van der Waals surface area contributed by atoms with Crippen LogP contribution in [0.5, 0.6) is 5.75 Å². The minimum atomic E-state index is -0.598. The summed E-state index contributed by atoms with van der Waals surface area (Å²) in [4.78, 5) is 17.4. The molecule has 0 unspecified atom stereocenters. The van der Waals surface area contributed by atoms with E-state index in [0.29, 0.717) is 0 Å². The van der Waals surface area contributed by atoms with Gasteiger partial charge in [-0.15, -0.1) is 6.58 Å². The van der Waals surface area contributed by atoms with Gasteiger partial charge in [0.05, 0.1) is 14.2 Å². The number of ether oxygens (including phenoxy) is 2. The van der Waals surface area contributed by atoms with Crippen LogP contribution in [0.15, 0.2) is 36.9 Å². The highest BCUT2D eigenvalue weighted by Gasteiger charge is 2.28. The first-order chi connectivity index (χ1) is 9.82. The van der Waals surface area contributed by atoms with E-state index in [9.17, 15) is 4.79 Å². The molecule has 0 aliphatic heterocycles. The second kappa shape index (κ2) is 7.13. The van der Waals surface area contributed by atoms with Crippen molar-refractivity contribution in [2.24, 2.45) is 0 Å². The molecule has 0 saturated heterocycles. The van der Waals surface area contributed by atoms with Gasteiger partial charge in [0.15, 0.2) is 0 Å². The average Bonchev–Trinajstić information content (AvgIpc) is 2.42. The smallest absolute Gasteiger partial charge is 0.435 e. The van der Waals surface area contributed by atoms with Gasteiger partial charge in [0.25, 0.3) is 0 Å². The van der Waals surface area contributed by atoms with E-state index in [-0.39, 0.29) is 0 Å². The van der Waals surface area contributed by atoms with Crippen molar-refractivity contribution in [2.75, 3.05) is 14.2 Å². The van der Waals surface area contributed by atoms with Gasteiger partial charge in [0.2, 0.25) is 0 Å². The minimum absolute atomic E-state index is 0.448. The van der Waals surface area contributed by atoms with Crippen LogP contribution in [-0.2, 0) is 9.57 Å². The first-order valence-corrected chi connectivity index (χ1v) is 6.65. The Morgan fingerprint density at radius 3 is 2.19 bits per heavy atom. The quantitative estimate of drug-likeness (QED) is 0.613. The van der Waals surface area contributed by atoms with E-state index < -0.39 is 17.7 Å². The molecule has 1 aromatic rings. The minimum Gasteiger partial charge on any atom is -0.497 e. The lowest BCUT2D eigenvalue weighted by Gasteiger charge is -2.30. The van der Waals surface area contributed by atoms with E-state index in [0.717, 1.165) is 16.4 Å². The van der Waals surface area contributed by atoms with E-state index in [1.807, 2.05) is 24.3 Å². The van der Waals surface area contributed by atoms with Crippen LogP contribution in [0.25, 0.3) is 0 Å². The maximum atomic E-state index is 12.2. The van der Waals surface area contributed by atoms with E-state index in [1.54, 1.807) is 34.0 Å². The lowest BCUT2D eigenvalue weighted by Crippen LogP contribution is -2.38. The lowest BCUT2D eigenvalue weighted by atomic mass is 10.1. The Labute approximate surface area is 126 Å². The monoisotopic (exact) mass is 293 g/mol. The highest BCUT2D eigenvalue weighted by Crippen LogP contribution is 2.26. The van der Waals surface area contributed by atoms with Gasteiger partial charge in [-0.3, -0.25) is 4.84 Å². The van der Waals surface area contributed by atoms with Crippen LogP contribution in [0.4, 0.5) is 4.79 Å². The molecule has 0 N–H and O–H groups in total. The summed E-state index contributed by atoms with van der Waals surface area (Å²) in [5.41, 5.74) is 0.248. The maximum absolute atomic E-state index is 12.2. The number of amides is 1. The molecule has 0 bridgehead atoms. The van der Waals surface area contributed by atoms with Crippen LogP contribution >= 0.6 is 0 Å². The fourth-order valence-corrected chi connectivity index (χ4v) is 1.78. The zero-order valence-corrected chi connectivity index (χ0v) is 13.3. The summed E-state index contributed by atoms with van der Waals surface area (Å²) in [5.74, 6) is 0.739. The van der Waals surface area contributed by atoms with Crippen molar-refractivity contribution < 1.29 is 19.1 Å². The van der Waals surface area contributed by atoms with Gasteiger partial charge in [0, 0.05) is 0 Å². The molecule has 1 rings (SSSR count). The number of benzene rings is 1. The Hall–Kier alpha value is -2.01. The van der Waals surface area contributed by atoms with E-state index in [1.165, 1.54) is 7.11 Å². The fourth-order valence-electron chi connectivity index (χ4n) is 1.78. The van der Waals surface area contributed by atoms with Crippen LogP contribution in [0.2, 0.25) is 0 Å². The molecule has 1 aromatic carbocycles. The van der Waals surface area contributed by atoms with Gasteiger partial charge in [-0.25, -0.2) is 4.79 Å². The van der Waals surface area contributed by atoms with Crippen molar-refractivity contribution in [1.29, 1.82) is 0 Å². The summed E-state index contributed by atoms with van der Waals surface area (Å²) in [6.45, 7) is 9.17. The molecule has 5 nitrogen and oxygen atoms in total. The second-order valence-corrected chi connectivity index (χ2v) is 5.44. The van der Waals surface area contributed by atoms with Crippen LogP contribution < -0.4 is 4.74 Å². The number of nitrogens with zero attached hydrogens (tertiary/aromatic N) is 1. The molecule has 0 aliphatic rings. The predicted octanol–water partition coefficient (Wildman–Crippen LogP) is 3.72. The van der Waals surface area contributed by atoms with Crippen molar-refractivity contribution in [3.05, 3.63) is 42.5 Å². The number of carbonyl (C=O) groups is 1. The van der Waals surface area contributed by atoms with Gasteiger partial charge in [-0.2, -0.15) is 5.06 Å². The Morgan fingerprint density at radius 1 is 1.24 bits per heavy atom. The molecule has 0 fully saturated rings. The Morgan fingerprint density at radius 2 is 1.81 bits per heavy atom. The zero-order chi connectivity index (χ0) is 16.0. The number of methoxy groups -OCH3 is 1. The van der Waals surface area contributed by atoms with Crippen LogP contribution in [0.3, 0.4) is 0 Å². The number of carbonyl (C=O) groups excluding carboxylic acids is 1. The van der Waals surface area contributed by atoms with Gasteiger partial charge >= 0.3 is 6.09 Å². The topological polar surface area (TPSA) is 48.0 Å². The third-order valence-electron chi connectivity index (χ3n) is 2.70. The molecule has 0 aliphatic carbocycles. The van der Waals surface area contributed by atoms with Gasteiger partial charge in [-0.05, 0) is 38.5 Å². The van der Waals surface area contributed by atoms with Crippen LogP contribution in [-0.4, -0.2) is 31.0 Å². The number of hydrogen-bond acceptors (Lipinski definition) is 4.